The van der Waals surface area contributed by atoms with Crippen LogP contribution < -0.4 is 5.32 Å². The van der Waals surface area contributed by atoms with Crippen LogP contribution in [0.5, 0.6) is 0 Å². The number of anilines is 1. The predicted molar refractivity (Wildman–Crippen MR) is 101 cm³/mol. The summed E-state index contributed by atoms with van der Waals surface area (Å²) in [6, 6.07) is 13.7. The Morgan fingerprint density at radius 3 is 2.71 bits per heavy atom. The maximum atomic E-state index is 12.2. The van der Waals surface area contributed by atoms with E-state index in [4.69, 9.17) is 0 Å². The van der Waals surface area contributed by atoms with Crippen LogP contribution in [0.4, 0.5) is 5.69 Å². The van der Waals surface area contributed by atoms with E-state index in [0.29, 0.717) is 5.82 Å². The van der Waals surface area contributed by atoms with Crippen molar-refractivity contribution in [2.75, 3.05) is 5.32 Å². The first-order valence-electron chi connectivity index (χ1n) is 7.43. The van der Waals surface area contributed by atoms with Crippen molar-refractivity contribution in [1.82, 2.24) is 20.2 Å². The fourth-order valence-corrected chi connectivity index (χ4v) is 2.97. The van der Waals surface area contributed by atoms with Gasteiger partial charge in [-0.3, -0.25) is 4.79 Å². The smallest absolute Gasteiger partial charge is 0.248 e. The first kappa shape index (κ1) is 16.6. The van der Waals surface area contributed by atoms with Gasteiger partial charge in [-0.1, -0.05) is 24.3 Å². The number of carbonyl (C=O) groups is 1. The van der Waals surface area contributed by atoms with Crippen LogP contribution in [-0.2, 0) is 11.3 Å². The van der Waals surface area contributed by atoms with E-state index < -0.39 is 0 Å². The van der Waals surface area contributed by atoms with E-state index in [0.717, 1.165) is 25.9 Å². The molecule has 0 fully saturated rings. The summed E-state index contributed by atoms with van der Waals surface area (Å²) in [5.74, 6) is 0.333. The van der Waals surface area contributed by atoms with Crippen LogP contribution in [-0.4, -0.2) is 26.1 Å². The Kier molecular flexibility index (Phi) is 4.89. The van der Waals surface area contributed by atoms with Gasteiger partial charge in [-0.25, -0.2) is 0 Å². The van der Waals surface area contributed by atoms with Crippen molar-refractivity contribution in [2.45, 2.75) is 20.4 Å². The number of tetrazole rings is 1. The Bertz CT molecular complexity index is 890. The van der Waals surface area contributed by atoms with Gasteiger partial charge in [0.25, 0.3) is 0 Å². The third-order valence-electron chi connectivity index (χ3n) is 3.59. The monoisotopic (exact) mass is 433 g/mol. The number of halogens is 1. The summed E-state index contributed by atoms with van der Waals surface area (Å²) in [5, 5.41) is 15.2. The summed E-state index contributed by atoms with van der Waals surface area (Å²) < 4.78 is 1.13. The highest BCUT2D eigenvalue weighted by molar-refractivity contribution is 14.1. The molecular weight excluding hydrogens is 417 g/mol. The number of amides is 1. The molecule has 3 rings (SSSR count). The van der Waals surface area contributed by atoms with Gasteiger partial charge in [-0.05, 0) is 71.0 Å². The van der Waals surface area contributed by atoms with Crippen LogP contribution in [0.15, 0.2) is 42.5 Å². The summed E-state index contributed by atoms with van der Waals surface area (Å²) in [7, 11) is 0. The Morgan fingerprint density at radius 2 is 1.96 bits per heavy atom. The molecule has 0 aliphatic heterocycles. The summed E-state index contributed by atoms with van der Waals surface area (Å²) in [4.78, 5) is 13.5. The lowest BCUT2D eigenvalue weighted by Gasteiger charge is -2.08. The standard InChI is InChI=1S/C17H16IN5O/c1-11-5-3-4-6-14(11)17-20-22-23(21-17)10-16(24)19-15-8-7-13(18)9-12(15)2/h3-9H,10H2,1-2H3,(H,19,24). The molecule has 2 aromatic carbocycles. The molecule has 3 aromatic rings. The number of hydrogen-bond acceptors (Lipinski definition) is 4. The lowest BCUT2D eigenvalue weighted by Crippen LogP contribution is -2.21. The van der Waals surface area contributed by atoms with Crippen LogP contribution in [0.3, 0.4) is 0 Å². The zero-order valence-electron chi connectivity index (χ0n) is 13.3. The van der Waals surface area contributed by atoms with E-state index >= 15 is 0 Å². The Hall–Kier alpha value is -2.29. The quantitative estimate of drug-likeness (QED) is 0.642. The number of aromatic nitrogens is 4. The van der Waals surface area contributed by atoms with E-state index in [1.54, 1.807) is 0 Å². The maximum Gasteiger partial charge on any atom is 0.248 e. The van der Waals surface area contributed by atoms with E-state index in [1.807, 2.05) is 56.3 Å². The zero-order valence-corrected chi connectivity index (χ0v) is 15.5. The SMILES string of the molecule is Cc1cc(I)ccc1NC(=O)Cn1nnc(-c2ccccc2C)n1. The molecule has 1 aromatic heterocycles. The van der Waals surface area contributed by atoms with Gasteiger partial charge in [-0.15, -0.1) is 10.2 Å². The minimum atomic E-state index is -0.187. The van der Waals surface area contributed by atoms with Crippen LogP contribution in [0.25, 0.3) is 11.4 Å². The number of nitrogens with one attached hydrogen (secondary N) is 1. The molecule has 0 saturated heterocycles. The summed E-state index contributed by atoms with van der Waals surface area (Å²) >= 11 is 2.24. The Balaban J connectivity index is 1.70. The second-order valence-electron chi connectivity index (χ2n) is 5.47. The zero-order chi connectivity index (χ0) is 17.1. The van der Waals surface area contributed by atoms with Crippen LogP contribution in [0.1, 0.15) is 11.1 Å². The van der Waals surface area contributed by atoms with E-state index in [-0.39, 0.29) is 12.5 Å². The number of benzene rings is 2. The van der Waals surface area contributed by atoms with Crippen molar-refractivity contribution in [1.29, 1.82) is 0 Å². The molecule has 0 aliphatic carbocycles. The lowest BCUT2D eigenvalue weighted by atomic mass is 10.1. The van der Waals surface area contributed by atoms with Gasteiger partial charge in [0.2, 0.25) is 11.7 Å². The number of rotatable bonds is 4. The molecule has 0 aliphatic rings. The molecule has 0 spiro atoms. The highest BCUT2D eigenvalue weighted by atomic mass is 127. The van der Waals surface area contributed by atoms with Gasteiger partial charge < -0.3 is 5.32 Å². The van der Waals surface area contributed by atoms with Crippen molar-refractivity contribution in [2.24, 2.45) is 0 Å². The summed E-state index contributed by atoms with van der Waals surface area (Å²) in [6.45, 7) is 3.97. The minimum absolute atomic E-state index is 0.0182. The third-order valence-corrected chi connectivity index (χ3v) is 4.26. The molecule has 1 N–H and O–H groups in total. The highest BCUT2D eigenvalue weighted by Gasteiger charge is 2.11. The minimum Gasteiger partial charge on any atom is -0.324 e. The predicted octanol–water partition coefficient (Wildman–Crippen LogP) is 3.20. The van der Waals surface area contributed by atoms with Crippen molar-refractivity contribution in [3.05, 3.63) is 57.2 Å². The molecule has 6 nitrogen and oxygen atoms in total. The summed E-state index contributed by atoms with van der Waals surface area (Å²) in [6.07, 6.45) is 0. The average Bonchev–Trinajstić information content (AvgIpc) is 2.99. The van der Waals surface area contributed by atoms with Gasteiger partial charge in [0.05, 0.1) is 0 Å². The molecule has 1 heterocycles. The molecule has 0 unspecified atom stereocenters. The molecule has 122 valence electrons. The second kappa shape index (κ2) is 7.08. The van der Waals surface area contributed by atoms with E-state index in [9.17, 15) is 4.79 Å². The molecule has 1 amide bonds. The van der Waals surface area contributed by atoms with Gasteiger partial charge >= 0.3 is 0 Å². The maximum absolute atomic E-state index is 12.2. The lowest BCUT2D eigenvalue weighted by molar-refractivity contribution is -0.117. The average molecular weight is 433 g/mol. The number of carbonyl (C=O) groups excluding carboxylic acids is 1. The fourth-order valence-electron chi connectivity index (χ4n) is 2.33. The van der Waals surface area contributed by atoms with Crippen LogP contribution in [0, 0.1) is 17.4 Å². The second-order valence-corrected chi connectivity index (χ2v) is 6.71. The van der Waals surface area contributed by atoms with Gasteiger partial charge in [0.15, 0.2) is 0 Å². The molecule has 24 heavy (non-hydrogen) atoms. The Morgan fingerprint density at radius 1 is 1.17 bits per heavy atom. The molecular formula is C17H16IN5O. The number of aryl methyl sites for hydroxylation is 2. The van der Waals surface area contributed by atoms with Crippen molar-refractivity contribution in [3.8, 4) is 11.4 Å². The molecule has 0 radical (unpaired) electrons. The number of hydrogen-bond donors (Lipinski definition) is 1. The summed E-state index contributed by atoms with van der Waals surface area (Å²) in [5.41, 5.74) is 3.79. The normalized spacial score (nSPS) is 10.6. The topological polar surface area (TPSA) is 72.7 Å². The van der Waals surface area contributed by atoms with Crippen molar-refractivity contribution < 1.29 is 4.79 Å². The van der Waals surface area contributed by atoms with E-state index in [2.05, 4.69) is 43.3 Å². The molecule has 0 bridgehead atoms. The molecule has 7 heteroatoms. The van der Waals surface area contributed by atoms with Crippen LogP contribution in [0.2, 0.25) is 0 Å². The van der Waals surface area contributed by atoms with Gasteiger partial charge in [-0.2, -0.15) is 4.80 Å². The first-order chi connectivity index (χ1) is 11.5. The van der Waals surface area contributed by atoms with Crippen molar-refractivity contribution in [3.63, 3.8) is 0 Å². The molecule has 0 atom stereocenters. The fraction of sp³-hybridized carbons (Fsp3) is 0.176. The van der Waals surface area contributed by atoms with Crippen LogP contribution >= 0.6 is 22.6 Å². The van der Waals surface area contributed by atoms with E-state index in [1.165, 1.54) is 4.80 Å². The highest BCUT2D eigenvalue weighted by Crippen LogP contribution is 2.19. The van der Waals surface area contributed by atoms with Crippen molar-refractivity contribution >= 4 is 34.2 Å². The third kappa shape index (κ3) is 3.78. The van der Waals surface area contributed by atoms with Gasteiger partial charge in [0, 0.05) is 14.8 Å². The first-order valence-corrected chi connectivity index (χ1v) is 8.50. The number of nitrogens with zero attached hydrogens (tertiary/aromatic N) is 4. The Labute approximate surface area is 153 Å². The largest absolute Gasteiger partial charge is 0.324 e. The molecule has 0 saturated carbocycles. The van der Waals surface area contributed by atoms with Gasteiger partial charge in [0.1, 0.15) is 6.54 Å².